The van der Waals surface area contributed by atoms with E-state index in [0.29, 0.717) is 19.3 Å². The molecule has 2 nitrogen and oxygen atoms in total. The number of nitrogens with one attached hydrogen (secondary N) is 1. The van der Waals surface area contributed by atoms with E-state index in [0.717, 1.165) is 22.3 Å². The topological polar surface area (TPSA) is 20.7 Å². The van der Waals surface area contributed by atoms with Crippen LogP contribution in [0.15, 0.2) is 28.7 Å². The van der Waals surface area contributed by atoms with E-state index < -0.39 is 0 Å². The molecule has 1 N–H and O–H groups in total. The van der Waals surface area contributed by atoms with Crippen molar-refractivity contribution in [3.63, 3.8) is 0 Å². The molecule has 0 atom stereocenters. The Morgan fingerprint density at radius 2 is 1.86 bits per heavy atom. The molecule has 3 aromatic rings. The maximum absolute atomic E-state index is 13.6. The predicted molar refractivity (Wildman–Crippen MR) is 90.9 cm³/mol. The summed E-state index contributed by atoms with van der Waals surface area (Å²) in [6, 6.07) is 6.61. The quantitative estimate of drug-likeness (QED) is 0.477. The fraction of sp³-hybridized carbons (Fsp3) is 0.0714. The molecule has 3 rings (SSSR count). The minimum atomic E-state index is -0.316. The van der Waals surface area contributed by atoms with Gasteiger partial charge in [-0.2, -0.15) is 0 Å². The lowest BCUT2D eigenvalue weighted by molar-refractivity contribution is 0.619. The van der Waals surface area contributed by atoms with E-state index in [1.807, 2.05) is 11.5 Å². The third-order valence-electron chi connectivity index (χ3n) is 3.20. The molecule has 7 heteroatoms. The van der Waals surface area contributed by atoms with Crippen molar-refractivity contribution < 1.29 is 4.39 Å². The molecule has 0 amide bonds. The van der Waals surface area contributed by atoms with Gasteiger partial charge in [-0.25, -0.2) is 4.39 Å². The summed E-state index contributed by atoms with van der Waals surface area (Å²) < 4.78 is 16.3. The minimum Gasteiger partial charge on any atom is -0.330 e. The number of hydrogen-bond acceptors (Lipinski definition) is 1. The highest BCUT2D eigenvalue weighted by Gasteiger charge is 2.13. The Balaban J connectivity index is 2.40. The molecule has 0 unspecified atom stereocenters. The Bertz CT molecular complexity index is 933. The van der Waals surface area contributed by atoms with Gasteiger partial charge in [0.05, 0.1) is 31.2 Å². The van der Waals surface area contributed by atoms with E-state index in [9.17, 15) is 4.39 Å². The average Bonchev–Trinajstić information content (AvgIpc) is 2.70. The van der Waals surface area contributed by atoms with E-state index in [1.54, 1.807) is 18.2 Å². The lowest BCUT2D eigenvalue weighted by Crippen LogP contribution is -1.98. The number of aryl methyl sites for hydroxylation is 1. The molecular formula is C14H8BrCl2FN2S. The van der Waals surface area contributed by atoms with Crippen LogP contribution in [0.3, 0.4) is 0 Å². The van der Waals surface area contributed by atoms with Crippen LogP contribution in [0.5, 0.6) is 0 Å². The Morgan fingerprint density at radius 1 is 1.19 bits per heavy atom. The Labute approximate surface area is 143 Å². The largest absolute Gasteiger partial charge is 0.330 e. The summed E-state index contributed by atoms with van der Waals surface area (Å²) in [4.78, 5) is 3.08. The van der Waals surface area contributed by atoms with Crippen molar-refractivity contribution in [2.75, 3.05) is 0 Å². The van der Waals surface area contributed by atoms with Crippen LogP contribution in [-0.4, -0.2) is 9.55 Å². The highest BCUT2D eigenvalue weighted by Crippen LogP contribution is 2.31. The minimum absolute atomic E-state index is 0.316. The highest BCUT2D eigenvalue weighted by molar-refractivity contribution is 9.10. The van der Waals surface area contributed by atoms with Crippen molar-refractivity contribution in [3.05, 3.63) is 54.9 Å². The van der Waals surface area contributed by atoms with Crippen molar-refractivity contribution >= 4 is 62.4 Å². The summed E-state index contributed by atoms with van der Waals surface area (Å²) in [7, 11) is 0. The Morgan fingerprint density at radius 3 is 2.57 bits per heavy atom. The summed E-state index contributed by atoms with van der Waals surface area (Å²) in [5.74, 6) is -0.316. The first-order chi connectivity index (χ1) is 9.88. The van der Waals surface area contributed by atoms with Crippen molar-refractivity contribution in [3.8, 4) is 5.69 Å². The highest BCUT2D eigenvalue weighted by atomic mass is 79.9. The fourth-order valence-electron chi connectivity index (χ4n) is 2.22. The number of halogens is 4. The second kappa shape index (κ2) is 5.39. The van der Waals surface area contributed by atoms with Gasteiger partial charge >= 0.3 is 0 Å². The zero-order valence-corrected chi connectivity index (χ0v) is 14.6. The van der Waals surface area contributed by atoms with Crippen LogP contribution in [0.2, 0.25) is 10.0 Å². The molecule has 0 saturated carbocycles. The predicted octanol–water partition coefficient (Wildman–Crippen LogP) is 6.20. The first kappa shape index (κ1) is 15.0. The second-order valence-electron chi connectivity index (χ2n) is 4.60. The molecule has 1 aromatic heterocycles. The van der Waals surface area contributed by atoms with Gasteiger partial charge in [0.1, 0.15) is 5.82 Å². The van der Waals surface area contributed by atoms with Gasteiger partial charge in [-0.05, 0) is 64.9 Å². The molecule has 0 spiro atoms. The SMILES string of the molecule is Cc1cc(F)c(Br)cc1-n1c(=S)[nH]c2cc(Cl)c(Cl)cc21. The van der Waals surface area contributed by atoms with Gasteiger partial charge < -0.3 is 4.98 Å². The monoisotopic (exact) mass is 404 g/mol. The number of fused-ring (bicyclic) bond motifs is 1. The molecule has 0 aliphatic heterocycles. The molecule has 108 valence electrons. The van der Waals surface area contributed by atoms with Gasteiger partial charge in [0.2, 0.25) is 0 Å². The van der Waals surface area contributed by atoms with Gasteiger partial charge in [-0.1, -0.05) is 23.2 Å². The zero-order chi connectivity index (χ0) is 15.3. The van der Waals surface area contributed by atoms with Gasteiger partial charge in [-0.15, -0.1) is 0 Å². The van der Waals surface area contributed by atoms with Crippen molar-refractivity contribution in [1.29, 1.82) is 0 Å². The molecule has 0 aliphatic carbocycles. The summed E-state index contributed by atoms with van der Waals surface area (Å²) in [6.45, 7) is 1.82. The molecule has 0 saturated heterocycles. The Hall–Kier alpha value is -0.880. The van der Waals surface area contributed by atoms with Crippen molar-refractivity contribution in [1.82, 2.24) is 9.55 Å². The van der Waals surface area contributed by atoms with Crippen LogP contribution in [0.1, 0.15) is 5.56 Å². The summed E-state index contributed by atoms with van der Waals surface area (Å²) in [5, 5.41) is 0.885. The summed E-state index contributed by atoms with van der Waals surface area (Å²) in [6.07, 6.45) is 0. The lowest BCUT2D eigenvalue weighted by Gasteiger charge is -2.10. The van der Waals surface area contributed by atoms with Gasteiger partial charge in [0.25, 0.3) is 0 Å². The van der Waals surface area contributed by atoms with Crippen molar-refractivity contribution in [2.45, 2.75) is 6.92 Å². The van der Waals surface area contributed by atoms with Crippen LogP contribution in [-0.2, 0) is 0 Å². The number of aromatic nitrogens is 2. The van der Waals surface area contributed by atoms with E-state index in [1.165, 1.54) is 6.07 Å². The number of rotatable bonds is 1. The van der Waals surface area contributed by atoms with E-state index >= 15 is 0 Å². The number of imidazole rings is 1. The normalized spacial score (nSPS) is 11.3. The summed E-state index contributed by atoms with van der Waals surface area (Å²) in [5.41, 5.74) is 3.10. The number of nitrogens with zero attached hydrogens (tertiary/aromatic N) is 1. The Kier molecular flexibility index (Phi) is 3.86. The maximum Gasteiger partial charge on any atom is 0.182 e. The molecule has 2 aromatic carbocycles. The number of hydrogen-bond donors (Lipinski definition) is 1. The van der Waals surface area contributed by atoms with Crippen LogP contribution in [0.25, 0.3) is 16.7 Å². The van der Waals surface area contributed by atoms with E-state index in [4.69, 9.17) is 35.4 Å². The van der Waals surface area contributed by atoms with Crippen molar-refractivity contribution in [2.24, 2.45) is 0 Å². The molecule has 0 aliphatic rings. The maximum atomic E-state index is 13.6. The van der Waals surface area contributed by atoms with E-state index in [-0.39, 0.29) is 5.82 Å². The number of H-pyrrole nitrogens is 1. The van der Waals surface area contributed by atoms with Crippen LogP contribution in [0.4, 0.5) is 4.39 Å². The van der Waals surface area contributed by atoms with Crippen LogP contribution >= 0.6 is 51.3 Å². The first-order valence-corrected chi connectivity index (χ1v) is 7.90. The zero-order valence-electron chi connectivity index (χ0n) is 10.7. The third-order valence-corrected chi connectivity index (χ3v) is 4.82. The third kappa shape index (κ3) is 2.52. The molecule has 0 fully saturated rings. The molecule has 0 bridgehead atoms. The lowest BCUT2D eigenvalue weighted by atomic mass is 10.2. The van der Waals surface area contributed by atoms with Gasteiger partial charge in [0, 0.05) is 0 Å². The first-order valence-electron chi connectivity index (χ1n) is 5.94. The summed E-state index contributed by atoms with van der Waals surface area (Å²) >= 11 is 20.7. The second-order valence-corrected chi connectivity index (χ2v) is 6.66. The molecule has 1 heterocycles. The van der Waals surface area contributed by atoms with E-state index in [2.05, 4.69) is 20.9 Å². The van der Waals surface area contributed by atoms with Crippen LogP contribution in [0, 0.1) is 17.5 Å². The smallest absolute Gasteiger partial charge is 0.182 e. The molecular weight excluding hydrogens is 398 g/mol. The van der Waals surface area contributed by atoms with Gasteiger partial charge in [-0.3, -0.25) is 4.57 Å². The van der Waals surface area contributed by atoms with Gasteiger partial charge in [0.15, 0.2) is 4.77 Å². The average molecular weight is 406 g/mol. The fourth-order valence-corrected chi connectivity index (χ4v) is 3.18. The molecule has 21 heavy (non-hydrogen) atoms. The van der Waals surface area contributed by atoms with Crippen LogP contribution < -0.4 is 0 Å². The standard InChI is InChI=1S/C14H8BrCl2FN2S/c1-6-2-10(18)7(15)3-12(6)20-13-5-9(17)8(16)4-11(13)19-14(20)21/h2-5H,1H3,(H,19,21). The molecule has 0 radical (unpaired) electrons. The number of aromatic amines is 1. The number of benzene rings is 2.